The van der Waals surface area contributed by atoms with Gasteiger partial charge in [0, 0.05) is 25.0 Å². The SMILES string of the molecule is CC(NCC1CCC(=O)N1)c1ccc(F)cn1. The van der Waals surface area contributed by atoms with Gasteiger partial charge in [-0.3, -0.25) is 9.78 Å². The van der Waals surface area contributed by atoms with E-state index in [0.717, 1.165) is 12.1 Å². The molecule has 1 aromatic rings. The average molecular weight is 237 g/mol. The van der Waals surface area contributed by atoms with Crippen molar-refractivity contribution in [3.8, 4) is 0 Å². The lowest BCUT2D eigenvalue weighted by molar-refractivity contribution is -0.119. The number of nitrogens with one attached hydrogen (secondary N) is 2. The Morgan fingerprint density at radius 2 is 2.47 bits per heavy atom. The van der Waals surface area contributed by atoms with Gasteiger partial charge in [0.1, 0.15) is 5.82 Å². The van der Waals surface area contributed by atoms with Crippen LogP contribution in [0.1, 0.15) is 31.5 Å². The molecule has 2 rings (SSSR count). The fraction of sp³-hybridized carbons (Fsp3) is 0.500. The van der Waals surface area contributed by atoms with Crippen molar-refractivity contribution in [2.75, 3.05) is 6.54 Å². The average Bonchev–Trinajstić information content (AvgIpc) is 2.73. The van der Waals surface area contributed by atoms with E-state index >= 15 is 0 Å². The molecule has 1 saturated heterocycles. The summed E-state index contributed by atoms with van der Waals surface area (Å²) in [7, 11) is 0. The molecule has 0 radical (unpaired) electrons. The lowest BCUT2D eigenvalue weighted by atomic mass is 10.2. The monoisotopic (exact) mass is 237 g/mol. The predicted octanol–water partition coefficient (Wildman–Crippen LogP) is 1.15. The molecule has 0 spiro atoms. The standard InChI is InChI=1S/C12H16FN3O/c1-8(11-4-2-9(13)6-15-11)14-7-10-3-5-12(17)16-10/h2,4,6,8,10,14H,3,5,7H2,1H3,(H,16,17). The number of nitrogens with zero attached hydrogens (tertiary/aromatic N) is 1. The van der Waals surface area contributed by atoms with Gasteiger partial charge in [0.05, 0.1) is 11.9 Å². The van der Waals surface area contributed by atoms with Crippen LogP contribution < -0.4 is 10.6 Å². The molecule has 1 fully saturated rings. The van der Waals surface area contributed by atoms with E-state index in [9.17, 15) is 9.18 Å². The number of hydrogen-bond donors (Lipinski definition) is 2. The van der Waals surface area contributed by atoms with Crippen molar-refractivity contribution in [3.05, 3.63) is 29.8 Å². The Bertz CT molecular complexity index is 393. The zero-order valence-electron chi connectivity index (χ0n) is 9.74. The molecule has 0 aliphatic carbocycles. The highest BCUT2D eigenvalue weighted by Gasteiger charge is 2.20. The zero-order valence-corrected chi connectivity index (χ0v) is 9.74. The summed E-state index contributed by atoms with van der Waals surface area (Å²) in [5.41, 5.74) is 0.802. The number of rotatable bonds is 4. The second kappa shape index (κ2) is 5.23. The van der Waals surface area contributed by atoms with Crippen molar-refractivity contribution < 1.29 is 9.18 Å². The topological polar surface area (TPSA) is 54.0 Å². The zero-order chi connectivity index (χ0) is 12.3. The van der Waals surface area contributed by atoms with Crippen molar-refractivity contribution in [1.82, 2.24) is 15.6 Å². The van der Waals surface area contributed by atoms with E-state index in [1.165, 1.54) is 12.3 Å². The van der Waals surface area contributed by atoms with Gasteiger partial charge in [-0.15, -0.1) is 0 Å². The van der Waals surface area contributed by atoms with Crippen LogP contribution in [0.4, 0.5) is 4.39 Å². The maximum atomic E-state index is 12.7. The van der Waals surface area contributed by atoms with Gasteiger partial charge in [-0.2, -0.15) is 0 Å². The van der Waals surface area contributed by atoms with E-state index in [0.29, 0.717) is 13.0 Å². The lowest BCUT2D eigenvalue weighted by Gasteiger charge is -2.16. The molecular formula is C12H16FN3O. The molecule has 1 amide bonds. The summed E-state index contributed by atoms with van der Waals surface area (Å²) < 4.78 is 12.7. The molecule has 2 atom stereocenters. The Morgan fingerprint density at radius 3 is 3.06 bits per heavy atom. The quantitative estimate of drug-likeness (QED) is 0.826. The molecule has 1 aromatic heterocycles. The number of pyridine rings is 1. The minimum absolute atomic E-state index is 0.0492. The maximum Gasteiger partial charge on any atom is 0.220 e. The van der Waals surface area contributed by atoms with Gasteiger partial charge in [0.2, 0.25) is 5.91 Å². The summed E-state index contributed by atoms with van der Waals surface area (Å²) in [4.78, 5) is 15.0. The van der Waals surface area contributed by atoms with Gasteiger partial charge < -0.3 is 10.6 Å². The van der Waals surface area contributed by atoms with Crippen molar-refractivity contribution in [2.24, 2.45) is 0 Å². The molecule has 0 saturated carbocycles. The largest absolute Gasteiger partial charge is 0.352 e. The first-order valence-corrected chi connectivity index (χ1v) is 5.79. The Balaban J connectivity index is 1.82. The summed E-state index contributed by atoms with van der Waals surface area (Å²) in [5.74, 6) is -0.214. The van der Waals surface area contributed by atoms with Crippen molar-refractivity contribution >= 4 is 5.91 Å². The summed E-state index contributed by atoms with van der Waals surface area (Å²) in [6.45, 7) is 2.68. The second-order valence-electron chi connectivity index (χ2n) is 4.33. The molecule has 1 aliphatic heterocycles. The Hall–Kier alpha value is -1.49. The van der Waals surface area contributed by atoms with Crippen molar-refractivity contribution in [3.63, 3.8) is 0 Å². The van der Waals surface area contributed by atoms with Crippen LogP contribution >= 0.6 is 0 Å². The fourth-order valence-corrected chi connectivity index (χ4v) is 1.90. The third-order valence-corrected chi connectivity index (χ3v) is 2.95. The van der Waals surface area contributed by atoms with Gasteiger partial charge in [-0.05, 0) is 25.5 Å². The van der Waals surface area contributed by atoms with Crippen LogP contribution in [0.3, 0.4) is 0 Å². The number of carbonyl (C=O) groups is 1. The van der Waals surface area contributed by atoms with Crippen LogP contribution in [0.5, 0.6) is 0 Å². The predicted molar refractivity (Wildman–Crippen MR) is 61.8 cm³/mol. The molecule has 1 aliphatic rings. The molecule has 0 aromatic carbocycles. The van der Waals surface area contributed by atoms with Crippen LogP contribution in [0.25, 0.3) is 0 Å². The van der Waals surface area contributed by atoms with E-state index < -0.39 is 0 Å². The lowest BCUT2D eigenvalue weighted by Crippen LogP contribution is -2.36. The highest BCUT2D eigenvalue weighted by Crippen LogP contribution is 2.11. The smallest absolute Gasteiger partial charge is 0.220 e. The number of aromatic nitrogens is 1. The molecule has 2 N–H and O–H groups in total. The van der Waals surface area contributed by atoms with E-state index in [-0.39, 0.29) is 23.8 Å². The number of halogens is 1. The minimum atomic E-state index is -0.330. The molecule has 2 unspecified atom stereocenters. The van der Waals surface area contributed by atoms with E-state index in [1.54, 1.807) is 6.07 Å². The molecule has 17 heavy (non-hydrogen) atoms. The molecule has 92 valence electrons. The molecule has 2 heterocycles. The fourth-order valence-electron chi connectivity index (χ4n) is 1.90. The first kappa shape index (κ1) is 12.0. The molecule has 0 bridgehead atoms. The van der Waals surface area contributed by atoms with Crippen molar-refractivity contribution in [1.29, 1.82) is 0 Å². The Morgan fingerprint density at radius 1 is 1.65 bits per heavy atom. The molecule has 5 heteroatoms. The normalized spacial score (nSPS) is 21.3. The first-order chi connectivity index (χ1) is 8.15. The maximum absolute atomic E-state index is 12.7. The Kier molecular flexibility index (Phi) is 3.68. The summed E-state index contributed by atoms with van der Waals surface area (Å²) in [6.07, 6.45) is 2.69. The van der Waals surface area contributed by atoms with Crippen LogP contribution in [-0.2, 0) is 4.79 Å². The van der Waals surface area contributed by atoms with Crippen LogP contribution in [-0.4, -0.2) is 23.5 Å². The third-order valence-electron chi connectivity index (χ3n) is 2.95. The first-order valence-electron chi connectivity index (χ1n) is 5.79. The van der Waals surface area contributed by atoms with E-state index in [4.69, 9.17) is 0 Å². The van der Waals surface area contributed by atoms with E-state index in [2.05, 4.69) is 15.6 Å². The van der Waals surface area contributed by atoms with Crippen LogP contribution in [0.15, 0.2) is 18.3 Å². The number of amides is 1. The van der Waals surface area contributed by atoms with Crippen molar-refractivity contribution in [2.45, 2.75) is 31.8 Å². The summed E-state index contributed by atoms with van der Waals surface area (Å²) >= 11 is 0. The van der Waals surface area contributed by atoms with E-state index in [1.807, 2.05) is 6.92 Å². The van der Waals surface area contributed by atoms with Gasteiger partial charge >= 0.3 is 0 Å². The van der Waals surface area contributed by atoms with Crippen LogP contribution in [0.2, 0.25) is 0 Å². The van der Waals surface area contributed by atoms with Gasteiger partial charge in [0.15, 0.2) is 0 Å². The van der Waals surface area contributed by atoms with Gasteiger partial charge in [-0.25, -0.2) is 4.39 Å². The molecule has 4 nitrogen and oxygen atoms in total. The Labute approximate surface area is 99.6 Å². The third kappa shape index (κ3) is 3.23. The van der Waals surface area contributed by atoms with Gasteiger partial charge in [0.25, 0.3) is 0 Å². The highest BCUT2D eigenvalue weighted by molar-refractivity contribution is 5.78. The van der Waals surface area contributed by atoms with Gasteiger partial charge in [-0.1, -0.05) is 0 Å². The van der Waals surface area contributed by atoms with Crippen LogP contribution in [0, 0.1) is 5.82 Å². The number of hydrogen-bond acceptors (Lipinski definition) is 3. The summed E-state index contributed by atoms with van der Waals surface area (Å²) in [6, 6.07) is 3.32. The number of carbonyl (C=O) groups excluding carboxylic acids is 1. The second-order valence-corrected chi connectivity index (χ2v) is 4.33. The summed E-state index contributed by atoms with van der Waals surface area (Å²) in [5, 5.41) is 6.17. The highest BCUT2D eigenvalue weighted by atomic mass is 19.1. The minimum Gasteiger partial charge on any atom is -0.352 e. The molecular weight excluding hydrogens is 221 g/mol.